The van der Waals surface area contributed by atoms with Gasteiger partial charge in [-0.1, -0.05) is 12.1 Å². The number of hydrogen-bond acceptors (Lipinski definition) is 3. The van der Waals surface area contributed by atoms with E-state index in [1.165, 1.54) is 25.1 Å². The second-order valence-electron chi connectivity index (χ2n) is 6.30. The number of fused-ring (bicyclic) bond motifs is 1. The summed E-state index contributed by atoms with van der Waals surface area (Å²) in [5.41, 5.74) is 1.61. The molecule has 1 heterocycles. The zero-order chi connectivity index (χ0) is 17.7. The van der Waals surface area contributed by atoms with Crippen molar-refractivity contribution < 1.29 is 14.0 Å². The van der Waals surface area contributed by atoms with Gasteiger partial charge in [-0.25, -0.2) is 4.39 Å². The van der Waals surface area contributed by atoms with Crippen LogP contribution in [0, 0.1) is 5.82 Å². The van der Waals surface area contributed by atoms with E-state index in [0.29, 0.717) is 26.1 Å². The van der Waals surface area contributed by atoms with Crippen molar-refractivity contribution in [2.75, 3.05) is 27.2 Å². The Morgan fingerprint density at radius 1 is 1.42 bits per heavy atom. The summed E-state index contributed by atoms with van der Waals surface area (Å²) in [6, 6.07) is 4.30. The molecule has 1 aromatic carbocycles. The Morgan fingerprint density at radius 2 is 2.17 bits per heavy atom. The maximum atomic E-state index is 13.6. The van der Waals surface area contributed by atoms with Gasteiger partial charge in [-0.05, 0) is 43.8 Å². The van der Waals surface area contributed by atoms with Gasteiger partial charge in [-0.2, -0.15) is 0 Å². The second-order valence-corrected chi connectivity index (χ2v) is 6.30. The number of likely N-dealkylation sites (N-methyl/N-ethyl adjacent to an activating group) is 1. The van der Waals surface area contributed by atoms with E-state index < -0.39 is 0 Å². The van der Waals surface area contributed by atoms with Crippen LogP contribution in [0.25, 0.3) is 0 Å². The van der Waals surface area contributed by atoms with Crippen LogP contribution >= 0.6 is 0 Å². The average Bonchev–Trinajstić information content (AvgIpc) is 2.66. The van der Waals surface area contributed by atoms with Crippen molar-refractivity contribution in [3.8, 4) is 0 Å². The number of hydrogen-bond donors (Lipinski definition) is 1. The normalized spacial score (nSPS) is 17.7. The molecule has 2 rings (SSSR count). The van der Waals surface area contributed by atoms with Crippen LogP contribution in [0.4, 0.5) is 4.39 Å². The molecule has 130 valence electrons. The molecule has 5 nitrogen and oxygen atoms in total. The van der Waals surface area contributed by atoms with Crippen molar-refractivity contribution >= 4 is 11.8 Å². The molecule has 0 aliphatic carbocycles. The summed E-state index contributed by atoms with van der Waals surface area (Å²) < 4.78 is 13.6. The summed E-state index contributed by atoms with van der Waals surface area (Å²) in [5.74, 6) is -0.577. The van der Waals surface area contributed by atoms with Crippen LogP contribution in [-0.2, 0) is 16.1 Å². The van der Waals surface area contributed by atoms with Crippen LogP contribution in [0.3, 0.4) is 0 Å². The highest BCUT2D eigenvalue weighted by Crippen LogP contribution is 2.27. The lowest BCUT2D eigenvalue weighted by Gasteiger charge is -2.19. The molecule has 0 aromatic heterocycles. The molecule has 1 N–H and O–H groups in total. The van der Waals surface area contributed by atoms with Gasteiger partial charge in [0.25, 0.3) is 0 Å². The van der Waals surface area contributed by atoms with E-state index in [1.54, 1.807) is 17.0 Å². The molecule has 1 atom stereocenters. The Labute approximate surface area is 142 Å². The van der Waals surface area contributed by atoms with Gasteiger partial charge in [-0.15, -0.1) is 0 Å². The van der Waals surface area contributed by atoms with Gasteiger partial charge >= 0.3 is 0 Å². The molecule has 0 radical (unpaired) electrons. The zero-order valence-corrected chi connectivity index (χ0v) is 14.4. The molecule has 0 spiro atoms. The van der Waals surface area contributed by atoms with Crippen molar-refractivity contribution in [3.05, 3.63) is 47.3 Å². The van der Waals surface area contributed by atoms with Gasteiger partial charge in [0.2, 0.25) is 11.8 Å². The van der Waals surface area contributed by atoms with Crippen LogP contribution in [0.2, 0.25) is 0 Å². The SMILES string of the molecule is CC(=O)N1CCC(NC(=O)/C=C/CN(C)C)c2ccc(F)cc2C1. The Balaban J connectivity index is 2.17. The average molecular weight is 333 g/mol. The molecule has 0 bridgehead atoms. The maximum Gasteiger partial charge on any atom is 0.244 e. The van der Waals surface area contributed by atoms with E-state index >= 15 is 0 Å². The van der Waals surface area contributed by atoms with Crippen LogP contribution in [-0.4, -0.2) is 48.8 Å². The fourth-order valence-electron chi connectivity index (χ4n) is 2.79. The molecule has 1 aromatic rings. The Hall–Kier alpha value is -2.21. The first-order valence-corrected chi connectivity index (χ1v) is 8.02. The highest BCUT2D eigenvalue weighted by Gasteiger charge is 2.24. The summed E-state index contributed by atoms with van der Waals surface area (Å²) in [6.45, 7) is 3.07. The van der Waals surface area contributed by atoms with E-state index in [0.717, 1.165) is 11.1 Å². The number of nitrogens with one attached hydrogen (secondary N) is 1. The molecular weight excluding hydrogens is 309 g/mol. The summed E-state index contributed by atoms with van der Waals surface area (Å²) in [6.07, 6.45) is 3.90. The number of nitrogens with zero attached hydrogens (tertiary/aromatic N) is 2. The van der Waals surface area contributed by atoms with E-state index in [1.807, 2.05) is 19.0 Å². The van der Waals surface area contributed by atoms with Gasteiger partial charge in [0.1, 0.15) is 5.82 Å². The molecule has 2 amide bonds. The van der Waals surface area contributed by atoms with Crippen molar-refractivity contribution in [2.45, 2.75) is 25.9 Å². The van der Waals surface area contributed by atoms with Gasteiger partial charge in [-0.3, -0.25) is 9.59 Å². The van der Waals surface area contributed by atoms with E-state index in [-0.39, 0.29) is 23.7 Å². The minimum atomic E-state index is -0.338. The lowest BCUT2D eigenvalue weighted by Crippen LogP contribution is -2.30. The monoisotopic (exact) mass is 333 g/mol. The lowest BCUT2D eigenvalue weighted by molar-refractivity contribution is -0.129. The molecule has 1 aliphatic rings. The van der Waals surface area contributed by atoms with Gasteiger partial charge in [0.15, 0.2) is 0 Å². The lowest BCUT2D eigenvalue weighted by atomic mass is 9.99. The fraction of sp³-hybridized carbons (Fsp3) is 0.444. The molecule has 6 heteroatoms. The van der Waals surface area contributed by atoms with Crippen molar-refractivity contribution in [1.29, 1.82) is 0 Å². The van der Waals surface area contributed by atoms with Crippen LogP contribution in [0.5, 0.6) is 0 Å². The van der Waals surface area contributed by atoms with Gasteiger partial charge in [0, 0.05) is 32.6 Å². The fourth-order valence-corrected chi connectivity index (χ4v) is 2.79. The predicted molar refractivity (Wildman–Crippen MR) is 90.7 cm³/mol. The predicted octanol–water partition coefficient (Wildman–Crippen LogP) is 1.85. The zero-order valence-electron chi connectivity index (χ0n) is 14.4. The van der Waals surface area contributed by atoms with Gasteiger partial charge in [0.05, 0.1) is 6.04 Å². The first kappa shape index (κ1) is 18.1. The number of carbonyl (C=O) groups is 2. The highest BCUT2D eigenvalue weighted by atomic mass is 19.1. The Bertz CT molecular complexity index is 643. The number of carbonyl (C=O) groups excluding carboxylic acids is 2. The molecule has 1 aliphatic heterocycles. The van der Waals surface area contributed by atoms with Gasteiger partial charge < -0.3 is 15.1 Å². The maximum absolute atomic E-state index is 13.6. The first-order valence-electron chi connectivity index (χ1n) is 8.02. The number of halogens is 1. The number of amides is 2. The molecule has 1 unspecified atom stereocenters. The summed E-state index contributed by atoms with van der Waals surface area (Å²) in [7, 11) is 3.85. The van der Waals surface area contributed by atoms with Crippen molar-refractivity contribution in [1.82, 2.24) is 15.1 Å². The quantitative estimate of drug-likeness (QED) is 0.856. The van der Waals surface area contributed by atoms with E-state index in [4.69, 9.17) is 0 Å². The minimum absolute atomic E-state index is 0.0527. The summed E-state index contributed by atoms with van der Waals surface area (Å²) in [5, 5.41) is 2.96. The van der Waals surface area contributed by atoms with E-state index in [9.17, 15) is 14.0 Å². The third kappa shape index (κ3) is 4.89. The minimum Gasteiger partial charge on any atom is -0.346 e. The number of benzene rings is 1. The largest absolute Gasteiger partial charge is 0.346 e. The topological polar surface area (TPSA) is 52.7 Å². The van der Waals surface area contributed by atoms with Crippen LogP contribution in [0.15, 0.2) is 30.4 Å². The number of rotatable bonds is 4. The standard InChI is InChI=1S/C18H24FN3O2/c1-13(23)22-10-8-17(20-18(24)5-4-9-21(2)3)16-7-6-15(19)11-14(16)12-22/h4-7,11,17H,8-10,12H2,1-3H3,(H,20,24)/b5-4+. The second kappa shape index (κ2) is 8.06. The molecular formula is C18H24FN3O2. The first-order chi connectivity index (χ1) is 11.4. The third-order valence-corrected chi connectivity index (χ3v) is 4.03. The van der Waals surface area contributed by atoms with E-state index in [2.05, 4.69) is 5.32 Å². The highest BCUT2D eigenvalue weighted by molar-refractivity contribution is 5.87. The molecule has 0 saturated heterocycles. The Kier molecular flexibility index (Phi) is 6.09. The van der Waals surface area contributed by atoms with Crippen molar-refractivity contribution in [2.24, 2.45) is 0 Å². The summed E-state index contributed by atoms with van der Waals surface area (Å²) in [4.78, 5) is 27.5. The van der Waals surface area contributed by atoms with Crippen LogP contribution in [0.1, 0.15) is 30.5 Å². The molecule has 0 fully saturated rings. The molecule has 24 heavy (non-hydrogen) atoms. The van der Waals surface area contributed by atoms with Crippen molar-refractivity contribution in [3.63, 3.8) is 0 Å². The molecule has 0 saturated carbocycles. The van der Waals surface area contributed by atoms with Crippen LogP contribution < -0.4 is 5.32 Å². The third-order valence-electron chi connectivity index (χ3n) is 4.03. The Morgan fingerprint density at radius 3 is 2.83 bits per heavy atom. The summed E-state index contributed by atoms with van der Waals surface area (Å²) >= 11 is 0. The smallest absolute Gasteiger partial charge is 0.244 e.